The molecule has 2 aliphatic carbocycles. The van der Waals surface area contributed by atoms with E-state index in [1.807, 2.05) is 12.2 Å². The molecule has 0 aromatic heterocycles. The maximum absolute atomic E-state index is 12.8. The second kappa shape index (κ2) is 8.34. The van der Waals surface area contributed by atoms with Crippen molar-refractivity contribution in [2.75, 3.05) is 6.61 Å². The molecule has 1 aliphatic heterocycles. The van der Waals surface area contributed by atoms with Gasteiger partial charge in [-0.15, -0.1) is 0 Å². The van der Waals surface area contributed by atoms with Crippen LogP contribution in [0.15, 0.2) is 29.4 Å². The number of benzene rings is 1. The van der Waals surface area contributed by atoms with Crippen molar-refractivity contribution in [3.05, 3.63) is 45.0 Å². The molecule has 168 valence electrons. The number of imide groups is 1. The number of hydrogen-bond acceptors (Lipinski definition) is 8. The van der Waals surface area contributed by atoms with Crippen LogP contribution in [0.1, 0.15) is 25.8 Å². The number of fused-ring (bicyclic) bond motifs is 5. The topological polar surface area (TPSA) is 128 Å². The first-order chi connectivity index (χ1) is 15.2. The quantitative estimate of drug-likeness (QED) is 0.152. The van der Waals surface area contributed by atoms with Gasteiger partial charge in [-0.25, -0.2) is 4.79 Å². The van der Waals surface area contributed by atoms with Gasteiger partial charge in [0, 0.05) is 16.7 Å². The Morgan fingerprint density at radius 2 is 1.91 bits per heavy atom. The molecule has 1 saturated carbocycles. The predicted octanol–water partition coefficient (Wildman–Crippen LogP) is 2.72. The Balaban J connectivity index is 1.61. The first-order valence-electron chi connectivity index (χ1n) is 10.1. The first-order valence-corrected chi connectivity index (χ1v) is 10.5. The summed E-state index contributed by atoms with van der Waals surface area (Å²) in [6.07, 6.45) is 5.44. The largest absolute Gasteiger partial charge is 0.474 e. The highest BCUT2D eigenvalue weighted by Crippen LogP contribution is 2.52. The lowest BCUT2D eigenvalue weighted by Gasteiger charge is -2.13. The summed E-state index contributed by atoms with van der Waals surface area (Å²) >= 11 is 6.01. The molecule has 1 aromatic carbocycles. The van der Waals surface area contributed by atoms with Gasteiger partial charge < -0.3 is 9.47 Å². The number of allylic oxidation sites excluding steroid dienone is 2. The molecule has 11 heteroatoms. The third kappa shape index (κ3) is 3.86. The third-order valence-corrected chi connectivity index (χ3v) is 5.94. The van der Waals surface area contributed by atoms with Crippen LogP contribution in [0.5, 0.6) is 5.75 Å². The fraction of sp³-hybridized carbons (Fsp3) is 0.429. The van der Waals surface area contributed by atoms with Crippen molar-refractivity contribution in [3.63, 3.8) is 0 Å². The van der Waals surface area contributed by atoms with E-state index in [1.54, 1.807) is 13.8 Å². The number of nitro benzene ring substituents is 1. The van der Waals surface area contributed by atoms with E-state index in [1.165, 1.54) is 6.07 Å². The molecule has 3 aliphatic rings. The second-order valence-corrected chi connectivity index (χ2v) is 8.60. The normalized spacial score (nSPS) is 25.8. The summed E-state index contributed by atoms with van der Waals surface area (Å²) in [6.45, 7) is 2.73. The Hall–Kier alpha value is -3.27. The molecular formula is C21H20ClN3O7. The minimum atomic E-state index is -0.716. The van der Waals surface area contributed by atoms with Crippen molar-refractivity contribution < 1.29 is 28.8 Å². The summed E-state index contributed by atoms with van der Waals surface area (Å²) in [7, 11) is 0. The first kappa shape index (κ1) is 21.9. The Morgan fingerprint density at radius 3 is 2.47 bits per heavy atom. The van der Waals surface area contributed by atoms with Crippen LogP contribution < -0.4 is 4.74 Å². The number of nitro groups is 1. The van der Waals surface area contributed by atoms with Gasteiger partial charge in [-0.3, -0.25) is 19.7 Å². The number of hydrazone groups is 1. The van der Waals surface area contributed by atoms with Crippen molar-refractivity contribution in [1.29, 1.82) is 0 Å². The van der Waals surface area contributed by atoms with Gasteiger partial charge in [-0.05, 0) is 38.2 Å². The number of rotatable bonds is 7. The lowest BCUT2D eigenvalue weighted by Crippen LogP contribution is -2.28. The van der Waals surface area contributed by atoms with Gasteiger partial charge in [0.1, 0.15) is 0 Å². The fourth-order valence-corrected chi connectivity index (χ4v) is 4.76. The Kier molecular flexibility index (Phi) is 5.72. The molecule has 1 saturated heterocycles. The smallest absolute Gasteiger partial charge is 0.344 e. The number of esters is 1. The molecule has 4 rings (SSSR count). The van der Waals surface area contributed by atoms with E-state index >= 15 is 0 Å². The van der Waals surface area contributed by atoms with Gasteiger partial charge in [0.25, 0.3) is 11.8 Å². The standard InChI is InChI=1S/C21H20ClN3O7/c1-10(2)32-16(26)9-31-19-13(6-14(22)7-15(19)25(29)30)8-23-24-20(27)17-11-3-4-12(5-11)18(17)21(24)28/h3-4,6-8,10-12,17-18H,5,9H2,1-2H3/t11-,12-,17-,18+/m0/s1. The number of carbonyl (C=O) groups is 3. The summed E-state index contributed by atoms with van der Waals surface area (Å²) in [5.74, 6) is -2.58. The summed E-state index contributed by atoms with van der Waals surface area (Å²) in [5, 5.41) is 16.4. The number of carbonyl (C=O) groups excluding carboxylic acids is 3. The molecule has 4 atom stereocenters. The minimum Gasteiger partial charge on any atom is -0.474 e. The van der Waals surface area contributed by atoms with Gasteiger partial charge in [0.2, 0.25) is 5.75 Å². The molecule has 0 spiro atoms. The van der Waals surface area contributed by atoms with E-state index in [-0.39, 0.29) is 34.3 Å². The highest BCUT2D eigenvalue weighted by atomic mass is 35.5. The average molecular weight is 462 g/mol. The van der Waals surface area contributed by atoms with Crippen molar-refractivity contribution in [1.82, 2.24) is 5.01 Å². The zero-order chi connectivity index (χ0) is 23.2. The van der Waals surface area contributed by atoms with Crippen LogP contribution in [0.25, 0.3) is 0 Å². The van der Waals surface area contributed by atoms with Crippen LogP contribution in [-0.4, -0.2) is 46.6 Å². The summed E-state index contributed by atoms with van der Waals surface area (Å²) in [6, 6.07) is 2.40. The number of amides is 2. The van der Waals surface area contributed by atoms with Crippen LogP contribution in [0.4, 0.5) is 5.69 Å². The van der Waals surface area contributed by atoms with Gasteiger partial charge in [0.15, 0.2) is 6.61 Å². The van der Waals surface area contributed by atoms with Crippen LogP contribution in [0, 0.1) is 33.8 Å². The van der Waals surface area contributed by atoms with E-state index in [0.29, 0.717) is 0 Å². The van der Waals surface area contributed by atoms with Crippen LogP contribution in [-0.2, 0) is 19.1 Å². The van der Waals surface area contributed by atoms with Crippen molar-refractivity contribution in [2.45, 2.75) is 26.4 Å². The Bertz CT molecular complexity index is 1040. The molecule has 32 heavy (non-hydrogen) atoms. The molecule has 1 aromatic rings. The molecule has 0 N–H and O–H groups in total. The molecule has 2 fully saturated rings. The maximum atomic E-state index is 12.8. The molecule has 0 unspecified atom stereocenters. The monoisotopic (exact) mass is 461 g/mol. The average Bonchev–Trinajstić information content (AvgIpc) is 3.39. The number of halogens is 1. The molecule has 2 amide bonds. The molecule has 0 radical (unpaired) electrons. The molecular weight excluding hydrogens is 442 g/mol. The molecule has 10 nitrogen and oxygen atoms in total. The maximum Gasteiger partial charge on any atom is 0.344 e. The van der Waals surface area contributed by atoms with Gasteiger partial charge >= 0.3 is 11.7 Å². The summed E-state index contributed by atoms with van der Waals surface area (Å²) < 4.78 is 10.3. The predicted molar refractivity (Wildman–Crippen MR) is 112 cm³/mol. The zero-order valence-corrected chi connectivity index (χ0v) is 18.0. The highest BCUT2D eigenvalue weighted by molar-refractivity contribution is 6.31. The summed E-state index contributed by atoms with van der Waals surface area (Å²) in [4.78, 5) is 48.2. The SMILES string of the molecule is CC(C)OC(=O)COc1c(C=NN2C(=O)[C@@H]3[C@H](C2=O)[C@H]2C=C[C@H]3C2)cc(Cl)cc1[N+](=O)[O-]. The summed E-state index contributed by atoms with van der Waals surface area (Å²) in [5.41, 5.74) is -0.449. The van der Waals surface area contributed by atoms with E-state index in [2.05, 4.69) is 5.10 Å². The second-order valence-electron chi connectivity index (χ2n) is 8.16. The lowest BCUT2D eigenvalue weighted by atomic mass is 9.85. The van der Waals surface area contributed by atoms with Crippen molar-refractivity contribution in [3.8, 4) is 5.75 Å². The molecule has 1 heterocycles. The third-order valence-electron chi connectivity index (χ3n) is 5.72. The fourth-order valence-electron chi connectivity index (χ4n) is 4.54. The van der Waals surface area contributed by atoms with E-state index in [0.717, 1.165) is 23.7 Å². The van der Waals surface area contributed by atoms with Crippen molar-refractivity contribution >= 4 is 41.3 Å². The van der Waals surface area contributed by atoms with E-state index in [4.69, 9.17) is 21.1 Å². The van der Waals surface area contributed by atoms with E-state index in [9.17, 15) is 24.5 Å². The minimum absolute atomic E-state index is 0.0217. The van der Waals surface area contributed by atoms with Crippen LogP contribution >= 0.6 is 11.6 Å². The number of nitrogens with zero attached hydrogens (tertiary/aromatic N) is 3. The van der Waals surface area contributed by atoms with Gasteiger partial charge in [0.05, 0.1) is 29.1 Å². The Labute approximate surface area is 187 Å². The number of ether oxygens (including phenoxy) is 2. The van der Waals surface area contributed by atoms with E-state index < -0.39 is 46.8 Å². The molecule has 2 bridgehead atoms. The lowest BCUT2D eigenvalue weighted by molar-refractivity contribution is -0.385. The van der Waals surface area contributed by atoms with Crippen molar-refractivity contribution in [2.24, 2.45) is 28.8 Å². The van der Waals surface area contributed by atoms with Crippen LogP contribution in [0.2, 0.25) is 5.02 Å². The van der Waals surface area contributed by atoms with Crippen LogP contribution in [0.3, 0.4) is 0 Å². The zero-order valence-electron chi connectivity index (χ0n) is 17.3. The highest BCUT2D eigenvalue weighted by Gasteiger charge is 2.59. The number of hydrogen-bond donors (Lipinski definition) is 0. The van der Waals surface area contributed by atoms with Gasteiger partial charge in [-0.2, -0.15) is 10.1 Å². The Morgan fingerprint density at radius 1 is 1.28 bits per heavy atom. The van der Waals surface area contributed by atoms with Gasteiger partial charge in [-0.1, -0.05) is 23.8 Å².